The number of nitrogens with zero attached hydrogens (tertiary/aromatic N) is 1. The maximum Gasteiger partial charge on any atom is 0.243 e. The number of carbonyl (C=O) groups excluding carboxylic acids is 1. The Bertz CT molecular complexity index is 744. The van der Waals surface area contributed by atoms with Gasteiger partial charge in [0.2, 0.25) is 10.0 Å². The third kappa shape index (κ3) is 3.02. The van der Waals surface area contributed by atoms with Crippen LogP contribution in [0.5, 0.6) is 0 Å². The fourth-order valence-electron chi connectivity index (χ4n) is 2.07. The second kappa shape index (κ2) is 5.51. The van der Waals surface area contributed by atoms with Gasteiger partial charge in [-0.2, -0.15) is 4.31 Å². The predicted octanol–water partition coefficient (Wildman–Crippen LogP) is 0.697. The first-order valence-corrected chi connectivity index (χ1v) is 9.66. The molecule has 1 aromatic carbocycles. The van der Waals surface area contributed by atoms with Gasteiger partial charge in [0.1, 0.15) is 0 Å². The normalized spacial score (nSPS) is 17.4. The molecule has 8 heteroatoms. The van der Waals surface area contributed by atoms with E-state index in [4.69, 9.17) is 0 Å². The van der Waals surface area contributed by atoms with Gasteiger partial charge >= 0.3 is 0 Å². The summed E-state index contributed by atoms with van der Waals surface area (Å²) in [4.78, 5) is 11.2. The van der Waals surface area contributed by atoms with Gasteiger partial charge in [-0.05, 0) is 19.1 Å². The Morgan fingerprint density at radius 1 is 1.14 bits per heavy atom. The van der Waals surface area contributed by atoms with Crippen LogP contribution < -0.4 is 0 Å². The molecule has 21 heavy (non-hydrogen) atoms. The van der Waals surface area contributed by atoms with Gasteiger partial charge in [0.15, 0.2) is 15.6 Å². The third-order valence-electron chi connectivity index (χ3n) is 3.62. The number of hydrogen-bond acceptors (Lipinski definition) is 5. The molecule has 2 rings (SSSR count). The van der Waals surface area contributed by atoms with Crippen molar-refractivity contribution in [2.45, 2.75) is 24.0 Å². The van der Waals surface area contributed by atoms with Crippen molar-refractivity contribution in [3.63, 3.8) is 0 Å². The summed E-state index contributed by atoms with van der Waals surface area (Å²) in [6.45, 7) is 2.94. The molecule has 1 fully saturated rings. The van der Waals surface area contributed by atoms with Gasteiger partial charge in [0, 0.05) is 24.4 Å². The van der Waals surface area contributed by atoms with Crippen molar-refractivity contribution in [3.05, 3.63) is 29.8 Å². The summed E-state index contributed by atoms with van der Waals surface area (Å²) < 4.78 is 49.1. The lowest BCUT2D eigenvalue weighted by molar-refractivity contribution is 0.101. The van der Waals surface area contributed by atoms with E-state index in [0.29, 0.717) is 5.56 Å². The first-order chi connectivity index (χ1) is 9.68. The first-order valence-electron chi connectivity index (χ1n) is 6.51. The molecule has 0 N–H and O–H groups in total. The van der Waals surface area contributed by atoms with Crippen LogP contribution in [0.1, 0.15) is 24.2 Å². The van der Waals surface area contributed by atoms with Crippen LogP contribution in [0, 0.1) is 0 Å². The molecule has 0 spiro atoms. The number of benzene rings is 1. The summed E-state index contributed by atoms with van der Waals surface area (Å²) in [6, 6.07) is 5.64. The molecule has 1 aliphatic heterocycles. The second-order valence-electron chi connectivity index (χ2n) is 4.98. The molecule has 0 radical (unpaired) electrons. The van der Waals surface area contributed by atoms with Gasteiger partial charge in [-0.25, -0.2) is 16.8 Å². The lowest BCUT2D eigenvalue weighted by atomic mass is 10.2. The van der Waals surface area contributed by atoms with E-state index in [9.17, 15) is 21.6 Å². The maximum absolute atomic E-state index is 12.3. The van der Waals surface area contributed by atoms with E-state index < -0.39 is 25.1 Å². The number of hydrogen-bond donors (Lipinski definition) is 0. The van der Waals surface area contributed by atoms with E-state index in [0.717, 1.165) is 4.31 Å². The van der Waals surface area contributed by atoms with Crippen molar-refractivity contribution in [1.82, 2.24) is 4.31 Å². The van der Waals surface area contributed by atoms with Crippen LogP contribution in [0.15, 0.2) is 29.2 Å². The Morgan fingerprint density at radius 2 is 1.67 bits per heavy atom. The summed E-state index contributed by atoms with van der Waals surface area (Å²) >= 11 is 0. The summed E-state index contributed by atoms with van der Waals surface area (Å²) in [5.74, 6) is -0.129. The lowest BCUT2D eigenvalue weighted by Gasteiger charge is -2.37. The molecule has 1 aliphatic rings. The quantitative estimate of drug-likeness (QED) is 0.741. The van der Waals surface area contributed by atoms with Crippen LogP contribution in [0.3, 0.4) is 0 Å². The number of ketones is 1. The van der Waals surface area contributed by atoms with Crippen LogP contribution >= 0.6 is 0 Å². The van der Waals surface area contributed by atoms with Gasteiger partial charge in [-0.15, -0.1) is 0 Å². The summed E-state index contributed by atoms with van der Waals surface area (Å²) in [6.07, 6.45) is 0. The van der Waals surface area contributed by atoms with Crippen molar-refractivity contribution in [2.75, 3.05) is 18.8 Å². The number of sulfone groups is 1. The van der Waals surface area contributed by atoms with Gasteiger partial charge in [0.25, 0.3) is 0 Å². The Kier molecular flexibility index (Phi) is 4.23. The minimum absolute atomic E-state index is 0.00698. The molecule has 1 heterocycles. The minimum atomic E-state index is -3.69. The van der Waals surface area contributed by atoms with Crippen LogP contribution in [0.2, 0.25) is 0 Å². The van der Waals surface area contributed by atoms with Gasteiger partial charge < -0.3 is 0 Å². The number of sulfonamides is 1. The van der Waals surface area contributed by atoms with Crippen LogP contribution in [0.25, 0.3) is 0 Å². The molecule has 1 saturated heterocycles. The molecule has 0 aromatic heterocycles. The van der Waals surface area contributed by atoms with Crippen LogP contribution in [0.4, 0.5) is 0 Å². The molecule has 6 nitrogen and oxygen atoms in total. The SMILES string of the molecule is CCS(=O)(=O)C1CN(S(=O)(=O)c2ccc(C(C)=O)cc2)C1. The first kappa shape index (κ1) is 16.1. The molecule has 1 aromatic rings. The number of rotatable bonds is 5. The largest absolute Gasteiger partial charge is 0.295 e. The summed E-state index contributed by atoms with van der Waals surface area (Å²) in [7, 11) is -6.89. The molecule has 0 unspecified atom stereocenters. The van der Waals surface area contributed by atoms with Crippen molar-refractivity contribution in [2.24, 2.45) is 0 Å². The zero-order valence-corrected chi connectivity index (χ0v) is 13.4. The Hall–Kier alpha value is -1.25. The van der Waals surface area contributed by atoms with Crippen LogP contribution in [-0.4, -0.2) is 51.0 Å². The summed E-state index contributed by atoms with van der Waals surface area (Å²) in [5.41, 5.74) is 0.434. The van der Waals surface area contributed by atoms with E-state index in [1.807, 2.05) is 0 Å². The monoisotopic (exact) mass is 331 g/mol. The number of Topliss-reactive ketones (excluding diaryl/α,β-unsaturated/α-hetero) is 1. The standard InChI is InChI=1S/C13H17NO5S2/c1-3-20(16,17)13-8-14(9-13)21(18,19)12-6-4-11(5-7-12)10(2)15/h4-7,13H,3,8-9H2,1-2H3. The highest BCUT2D eigenvalue weighted by atomic mass is 32.2. The predicted molar refractivity (Wildman–Crippen MR) is 78.5 cm³/mol. The fourth-order valence-corrected chi connectivity index (χ4v) is 5.08. The highest BCUT2D eigenvalue weighted by Crippen LogP contribution is 2.25. The zero-order valence-electron chi connectivity index (χ0n) is 11.8. The molecule has 0 bridgehead atoms. The zero-order chi connectivity index (χ0) is 15.8. The van der Waals surface area contributed by atoms with Crippen molar-refractivity contribution < 1.29 is 21.6 Å². The smallest absolute Gasteiger partial charge is 0.243 e. The van der Waals surface area contributed by atoms with E-state index >= 15 is 0 Å². The molecule has 116 valence electrons. The van der Waals surface area contributed by atoms with Crippen molar-refractivity contribution in [1.29, 1.82) is 0 Å². The molecule has 0 atom stereocenters. The highest BCUT2D eigenvalue weighted by molar-refractivity contribution is 7.92. The van der Waals surface area contributed by atoms with Crippen molar-refractivity contribution in [3.8, 4) is 0 Å². The highest BCUT2D eigenvalue weighted by Gasteiger charge is 2.42. The lowest BCUT2D eigenvalue weighted by Crippen LogP contribution is -2.57. The summed E-state index contributed by atoms with van der Waals surface area (Å²) in [5, 5.41) is -0.617. The fraction of sp³-hybridized carbons (Fsp3) is 0.462. The molecular formula is C13H17NO5S2. The average Bonchev–Trinajstić information content (AvgIpc) is 2.36. The maximum atomic E-state index is 12.3. The molecular weight excluding hydrogens is 314 g/mol. The average molecular weight is 331 g/mol. The number of carbonyl (C=O) groups is 1. The van der Waals surface area contributed by atoms with Gasteiger partial charge in [-0.3, -0.25) is 4.79 Å². The third-order valence-corrected chi connectivity index (χ3v) is 7.59. The van der Waals surface area contributed by atoms with E-state index in [2.05, 4.69) is 0 Å². The van der Waals surface area contributed by atoms with Crippen molar-refractivity contribution >= 4 is 25.6 Å². The topological polar surface area (TPSA) is 88.6 Å². The molecule has 0 saturated carbocycles. The Labute approximate surface area is 124 Å². The van der Waals surface area contributed by atoms with Gasteiger partial charge in [0.05, 0.1) is 10.1 Å². The van der Waals surface area contributed by atoms with E-state index in [1.54, 1.807) is 6.92 Å². The van der Waals surface area contributed by atoms with E-state index in [-0.39, 0.29) is 29.5 Å². The second-order valence-corrected chi connectivity index (χ2v) is 9.48. The van der Waals surface area contributed by atoms with E-state index in [1.165, 1.54) is 31.2 Å². The Morgan fingerprint density at radius 3 is 2.10 bits per heavy atom. The molecule has 0 amide bonds. The van der Waals surface area contributed by atoms with Gasteiger partial charge in [-0.1, -0.05) is 19.1 Å². The Balaban J connectivity index is 2.16. The van der Waals surface area contributed by atoms with Crippen LogP contribution in [-0.2, 0) is 19.9 Å². The minimum Gasteiger partial charge on any atom is -0.295 e. The molecule has 0 aliphatic carbocycles.